The fraction of sp³-hybridized carbons (Fsp3) is 0.467. The largest absolute Gasteiger partial charge is 0.355 e. The predicted molar refractivity (Wildman–Crippen MR) is 93.6 cm³/mol. The number of rotatable bonds is 7. The Morgan fingerprint density at radius 1 is 1.35 bits per heavy atom. The van der Waals surface area contributed by atoms with Gasteiger partial charge in [-0.15, -0.1) is 24.2 Å². The van der Waals surface area contributed by atoms with Crippen molar-refractivity contribution in [3.05, 3.63) is 30.1 Å². The molecule has 128 valence electrons. The minimum absolute atomic E-state index is 0. The van der Waals surface area contributed by atoms with E-state index in [0.29, 0.717) is 18.2 Å². The molecule has 8 heteroatoms. The molecular formula is C15H21ClFN3O2S. The van der Waals surface area contributed by atoms with E-state index in [1.54, 1.807) is 6.92 Å². The zero-order chi connectivity index (χ0) is 15.9. The van der Waals surface area contributed by atoms with Crippen LogP contribution in [0.1, 0.15) is 6.92 Å². The molecule has 0 saturated carbocycles. The van der Waals surface area contributed by atoms with E-state index in [1.807, 2.05) is 0 Å². The number of carbonyl (C=O) groups is 2. The Kier molecular flexibility index (Phi) is 8.36. The summed E-state index contributed by atoms with van der Waals surface area (Å²) in [7, 11) is 0. The molecule has 0 spiro atoms. The summed E-state index contributed by atoms with van der Waals surface area (Å²) in [6, 6.07) is 5.57. The Balaban J connectivity index is 0.00000264. The quantitative estimate of drug-likeness (QED) is 0.690. The van der Waals surface area contributed by atoms with Crippen LogP contribution in [0, 0.1) is 11.7 Å². The Morgan fingerprint density at radius 2 is 2.00 bits per heavy atom. The molecule has 0 bridgehead atoms. The first-order chi connectivity index (χ1) is 10.5. The molecule has 1 fully saturated rings. The first kappa shape index (κ1) is 19.7. The van der Waals surface area contributed by atoms with Crippen LogP contribution >= 0.6 is 24.2 Å². The van der Waals surface area contributed by atoms with Crippen LogP contribution < -0.4 is 16.0 Å². The van der Waals surface area contributed by atoms with Gasteiger partial charge in [0.25, 0.3) is 0 Å². The number of hydrogen-bond donors (Lipinski definition) is 3. The van der Waals surface area contributed by atoms with E-state index in [0.717, 1.165) is 13.1 Å². The molecule has 1 aliphatic heterocycles. The Labute approximate surface area is 145 Å². The Hall–Kier alpha value is -1.31. The van der Waals surface area contributed by atoms with Crippen LogP contribution in [0.2, 0.25) is 0 Å². The van der Waals surface area contributed by atoms with Gasteiger partial charge in [0.1, 0.15) is 5.82 Å². The summed E-state index contributed by atoms with van der Waals surface area (Å²) in [5.41, 5.74) is 0.543. The fourth-order valence-electron chi connectivity index (χ4n) is 1.89. The van der Waals surface area contributed by atoms with Crippen molar-refractivity contribution in [2.75, 3.05) is 30.7 Å². The second-order valence-corrected chi connectivity index (χ2v) is 6.61. The van der Waals surface area contributed by atoms with Gasteiger partial charge >= 0.3 is 0 Å². The molecule has 2 amide bonds. The van der Waals surface area contributed by atoms with Gasteiger partial charge < -0.3 is 16.0 Å². The van der Waals surface area contributed by atoms with Crippen molar-refractivity contribution < 1.29 is 14.0 Å². The second kappa shape index (κ2) is 9.75. The summed E-state index contributed by atoms with van der Waals surface area (Å²) in [6.45, 7) is 4.35. The highest BCUT2D eigenvalue weighted by Crippen LogP contribution is 2.13. The molecule has 1 aromatic carbocycles. The summed E-state index contributed by atoms with van der Waals surface area (Å²) in [6.07, 6.45) is 0. The summed E-state index contributed by atoms with van der Waals surface area (Å²) in [5, 5.41) is 8.42. The summed E-state index contributed by atoms with van der Waals surface area (Å²) in [5.74, 6) is 0.0879. The van der Waals surface area contributed by atoms with E-state index < -0.39 is 0 Å². The normalized spacial score (nSPS) is 15.0. The van der Waals surface area contributed by atoms with Crippen molar-refractivity contribution in [2.24, 2.45) is 5.92 Å². The zero-order valence-corrected chi connectivity index (χ0v) is 14.4. The third-order valence-corrected chi connectivity index (χ3v) is 4.54. The van der Waals surface area contributed by atoms with Gasteiger partial charge in [-0.25, -0.2) is 4.39 Å². The number of thioether (sulfide) groups is 1. The van der Waals surface area contributed by atoms with E-state index in [2.05, 4.69) is 16.0 Å². The van der Waals surface area contributed by atoms with Gasteiger partial charge in [-0.1, -0.05) is 0 Å². The molecule has 2 rings (SSSR count). The Morgan fingerprint density at radius 3 is 2.57 bits per heavy atom. The van der Waals surface area contributed by atoms with Crippen molar-refractivity contribution in [3.8, 4) is 0 Å². The van der Waals surface area contributed by atoms with Crippen molar-refractivity contribution >= 4 is 41.7 Å². The third kappa shape index (κ3) is 6.76. The molecule has 1 aliphatic rings. The predicted octanol–water partition coefficient (Wildman–Crippen LogP) is 1.64. The lowest BCUT2D eigenvalue weighted by molar-refractivity contribution is -0.120. The lowest BCUT2D eigenvalue weighted by Crippen LogP contribution is -2.49. The second-order valence-electron chi connectivity index (χ2n) is 5.28. The zero-order valence-electron chi connectivity index (χ0n) is 12.8. The van der Waals surface area contributed by atoms with Crippen molar-refractivity contribution in [1.29, 1.82) is 0 Å². The number of anilines is 1. The molecule has 23 heavy (non-hydrogen) atoms. The SMILES string of the molecule is CC(SCC(=O)Nc1ccc(F)cc1)C(=O)NCC1CNC1.Cl. The molecule has 3 N–H and O–H groups in total. The smallest absolute Gasteiger partial charge is 0.234 e. The van der Waals surface area contributed by atoms with Crippen LogP contribution in [0.5, 0.6) is 0 Å². The summed E-state index contributed by atoms with van der Waals surface area (Å²) < 4.78 is 12.8. The van der Waals surface area contributed by atoms with Gasteiger partial charge in [0.05, 0.1) is 11.0 Å². The van der Waals surface area contributed by atoms with Gasteiger partial charge in [-0.2, -0.15) is 0 Å². The van der Waals surface area contributed by atoms with E-state index in [1.165, 1.54) is 36.0 Å². The maximum absolute atomic E-state index is 12.8. The van der Waals surface area contributed by atoms with E-state index in [4.69, 9.17) is 0 Å². The van der Waals surface area contributed by atoms with Crippen LogP contribution in [0.25, 0.3) is 0 Å². The van der Waals surface area contributed by atoms with Gasteiger partial charge in [-0.05, 0) is 31.2 Å². The van der Waals surface area contributed by atoms with Crippen LogP contribution in [-0.2, 0) is 9.59 Å². The molecule has 0 radical (unpaired) electrons. The van der Waals surface area contributed by atoms with Crippen molar-refractivity contribution in [2.45, 2.75) is 12.2 Å². The van der Waals surface area contributed by atoms with E-state index in [-0.39, 0.29) is 41.0 Å². The summed E-state index contributed by atoms with van der Waals surface area (Å²) in [4.78, 5) is 23.7. The van der Waals surface area contributed by atoms with Crippen molar-refractivity contribution in [3.63, 3.8) is 0 Å². The maximum atomic E-state index is 12.8. The average molecular weight is 362 g/mol. The number of amides is 2. The molecule has 5 nitrogen and oxygen atoms in total. The lowest BCUT2D eigenvalue weighted by atomic mass is 10.0. The third-order valence-electron chi connectivity index (χ3n) is 3.39. The van der Waals surface area contributed by atoms with Crippen LogP contribution in [-0.4, -0.2) is 42.5 Å². The van der Waals surface area contributed by atoms with Gasteiger partial charge in [0, 0.05) is 31.2 Å². The first-order valence-electron chi connectivity index (χ1n) is 7.20. The first-order valence-corrected chi connectivity index (χ1v) is 8.25. The van der Waals surface area contributed by atoms with Crippen molar-refractivity contribution in [1.82, 2.24) is 10.6 Å². The van der Waals surface area contributed by atoms with E-state index >= 15 is 0 Å². The number of hydrogen-bond acceptors (Lipinski definition) is 4. The highest BCUT2D eigenvalue weighted by molar-refractivity contribution is 8.01. The van der Waals surface area contributed by atoms with Crippen LogP contribution in [0.4, 0.5) is 10.1 Å². The Bertz CT molecular complexity index is 526. The van der Waals surface area contributed by atoms with Crippen LogP contribution in [0.15, 0.2) is 24.3 Å². The highest BCUT2D eigenvalue weighted by atomic mass is 35.5. The minimum Gasteiger partial charge on any atom is -0.355 e. The molecule has 1 saturated heterocycles. The molecule has 1 aromatic rings. The molecule has 1 heterocycles. The standard InChI is InChI=1S/C15H20FN3O2S.ClH/c1-10(15(21)18-8-11-6-17-7-11)22-9-14(20)19-13-4-2-12(16)3-5-13;/h2-5,10-11,17H,6-9H2,1H3,(H,18,21)(H,19,20);1H. The molecule has 0 aliphatic carbocycles. The monoisotopic (exact) mass is 361 g/mol. The molecule has 0 aromatic heterocycles. The van der Waals surface area contributed by atoms with Gasteiger partial charge in [-0.3, -0.25) is 9.59 Å². The topological polar surface area (TPSA) is 70.2 Å². The fourth-order valence-corrected chi connectivity index (χ4v) is 2.60. The highest BCUT2D eigenvalue weighted by Gasteiger charge is 2.20. The van der Waals surface area contributed by atoms with E-state index in [9.17, 15) is 14.0 Å². The van der Waals surface area contributed by atoms with Gasteiger partial charge in [0.2, 0.25) is 11.8 Å². The molecule has 1 unspecified atom stereocenters. The number of benzene rings is 1. The van der Waals surface area contributed by atoms with Crippen LogP contribution in [0.3, 0.4) is 0 Å². The molecule has 1 atom stereocenters. The lowest BCUT2D eigenvalue weighted by Gasteiger charge is -2.27. The number of halogens is 2. The number of nitrogens with one attached hydrogen (secondary N) is 3. The molecular weight excluding hydrogens is 341 g/mol. The maximum Gasteiger partial charge on any atom is 0.234 e. The summed E-state index contributed by atoms with van der Waals surface area (Å²) >= 11 is 1.28. The minimum atomic E-state index is -0.348. The number of carbonyl (C=O) groups excluding carboxylic acids is 2. The van der Waals surface area contributed by atoms with Gasteiger partial charge in [0.15, 0.2) is 0 Å². The average Bonchev–Trinajstić information content (AvgIpc) is 2.45.